The van der Waals surface area contributed by atoms with E-state index < -0.39 is 0 Å². The summed E-state index contributed by atoms with van der Waals surface area (Å²) < 4.78 is 2.11. The summed E-state index contributed by atoms with van der Waals surface area (Å²) >= 11 is 0. The molecule has 0 bridgehead atoms. The predicted octanol–water partition coefficient (Wildman–Crippen LogP) is 4.62. The second-order valence-corrected chi connectivity index (χ2v) is 6.00. The Morgan fingerprint density at radius 3 is 2.58 bits per heavy atom. The maximum atomic E-state index is 4.21. The minimum absolute atomic E-state index is 0.834. The number of aryl methyl sites for hydroxylation is 2. The highest BCUT2D eigenvalue weighted by Crippen LogP contribution is 2.11. The van der Waals surface area contributed by atoms with E-state index in [0.717, 1.165) is 18.9 Å². The van der Waals surface area contributed by atoms with Crippen molar-refractivity contribution in [2.24, 2.45) is 5.92 Å². The highest BCUT2D eigenvalue weighted by atomic mass is 15.4. The van der Waals surface area contributed by atoms with Crippen LogP contribution in [0.25, 0.3) is 0 Å². The van der Waals surface area contributed by atoms with Crippen LogP contribution in [0, 0.1) is 5.92 Å². The zero-order valence-corrected chi connectivity index (χ0v) is 13.1. The highest BCUT2D eigenvalue weighted by Gasteiger charge is 2.03. The van der Waals surface area contributed by atoms with Crippen molar-refractivity contribution >= 4 is 0 Å². The fraction of sp³-hybridized carbons (Fsp3) is 0.875. The zero-order chi connectivity index (χ0) is 13.9. The molecule has 0 aromatic carbocycles. The van der Waals surface area contributed by atoms with Gasteiger partial charge >= 0.3 is 0 Å². The fourth-order valence-corrected chi connectivity index (χ4v) is 2.38. The Kier molecular flexibility index (Phi) is 8.52. The van der Waals surface area contributed by atoms with Crippen LogP contribution in [0.5, 0.6) is 0 Å². The number of hydrogen-bond acceptors (Lipinski definition) is 2. The highest BCUT2D eigenvalue weighted by molar-refractivity contribution is 4.93. The molecular formula is C16H31N3. The van der Waals surface area contributed by atoms with Crippen molar-refractivity contribution in [2.45, 2.75) is 85.1 Å². The van der Waals surface area contributed by atoms with E-state index in [1.807, 2.05) is 6.20 Å². The van der Waals surface area contributed by atoms with Crippen LogP contribution >= 0.6 is 0 Å². The average molecular weight is 265 g/mol. The Balaban J connectivity index is 2.17. The van der Waals surface area contributed by atoms with Gasteiger partial charge in [0.25, 0.3) is 0 Å². The van der Waals surface area contributed by atoms with Crippen molar-refractivity contribution in [3.05, 3.63) is 11.9 Å². The van der Waals surface area contributed by atoms with Crippen molar-refractivity contribution in [3.63, 3.8) is 0 Å². The van der Waals surface area contributed by atoms with Crippen LogP contribution in [0.4, 0.5) is 0 Å². The zero-order valence-electron chi connectivity index (χ0n) is 13.1. The van der Waals surface area contributed by atoms with Gasteiger partial charge in [0.2, 0.25) is 0 Å². The van der Waals surface area contributed by atoms with E-state index in [1.54, 1.807) is 0 Å². The third-order valence-corrected chi connectivity index (χ3v) is 3.64. The van der Waals surface area contributed by atoms with Gasteiger partial charge in [0.05, 0.1) is 11.9 Å². The van der Waals surface area contributed by atoms with E-state index in [-0.39, 0.29) is 0 Å². The van der Waals surface area contributed by atoms with Gasteiger partial charge in [-0.3, -0.25) is 0 Å². The van der Waals surface area contributed by atoms with E-state index in [0.29, 0.717) is 0 Å². The standard InChI is InChI=1S/C16H31N3/c1-4-5-6-9-12-16-14-17-18-19(16)13-10-7-8-11-15(2)3/h14-15H,4-13H2,1-3H3. The lowest BCUT2D eigenvalue weighted by Crippen LogP contribution is -2.05. The normalized spacial score (nSPS) is 11.4. The smallest absolute Gasteiger partial charge is 0.0725 e. The molecule has 1 heterocycles. The van der Waals surface area contributed by atoms with Gasteiger partial charge in [-0.25, -0.2) is 4.68 Å². The fourth-order valence-electron chi connectivity index (χ4n) is 2.38. The molecule has 1 aromatic rings. The van der Waals surface area contributed by atoms with Crippen molar-refractivity contribution in [2.75, 3.05) is 0 Å². The van der Waals surface area contributed by atoms with Crippen LogP contribution in [0.2, 0.25) is 0 Å². The van der Waals surface area contributed by atoms with Crippen LogP contribution in [0.15, 0.2) is 6.20 Å². The van der Waals surface area contributed by atoms with Crippen LogP contribution in [-0.4, -0.2) is 15.0 Å². The van der Waals surface area contributed by atoms with Gasteiger partial charge in [-0.1, -0.05) is 64.5 Å². The lowest BCUT2D eigenvalue weighted by Gasteiger charge is -2.07. The van der Waals surface area contributed by atoms with Gasteiger partial charge in [-0.05, 0) is 25.2 Å². The molecule has 0 atom stereocenters. The van der Waals surface area contributed by atoms with E-state index in [9.17, 15) is 0 Å². The minimum Gasteiger partial charge on any atom is -0.249 e. The number of rotatable bonds is 11. The van der Waals surface area contributed by atoms with Crippen LogP contribution in [0.1, 0.15) is 77.8 Å². The summed E-state index contributed by atoms with van der Waals surface area (Å²) in [5.74, 6) is 0.834. The molecule has 0 saturated carbocycles. The average Bonchev–Trinajstić information content (AvgIpc) is 2.81. The lowest BCUT2D eigenvalue weighted by atomic mass is 10.1. The molecule has 0 unspecified atom stereocenters. The molecule has 3 heteroatoms. The molecule has 110 valence electrons. The Hall–Kier alpha value is -0.860. The molecule has 0 N–H and O–H groups in total. The third-order valence-electron chi connectivity index (χ3n) is 3.64. The third kappa shape index (κ3) is 7.34. The monoisotopic (exact) mass is 265 g/mol. The van der Waals surface area contributed by atoms with Crippen molar-refractivity contribution in [1.29, 1.82) is 0 Å². The molecule has 19 heavy (non-hydrogen) atoms. The molecule has 0 aliphatic rings. The van der Waals surface area contributed by atoms with E-state index in [4.69, 9.17) is 0 Å². The summed E-state index contributed by atoms with van der Waals surface area (Å²) in [6.45, 7) is 7.89. The van der Waals surface area contributed by atoms with Gasteiger partial charge < -0.3 is 0 Å². The van der Waals surface area contributed by atoms with Crippen molar-refractivity contribution < 1.29 is 0 Å². The Morgan fingerprint density at radius 1 is 1.05 bits per heavy atom. The summed E-state index contributed by atoms with van der Waals surface area (Å²) in [6, 6.07) is 0. The van der Waals surface area contributed by atoms with Crippen LogP contribution in [0.3, 0.4) is 0 Å². The molecular weight excluding hydrogens is 234 g/mol. The molecule has 0 fully saturated rings. The molecule has 0 amide bonds. The van der Waals surface area contributed by atoms with Gasteiger partial charge in [-0.15, -0.1) is 5.10 Å². The molecule has 1 rings (SSSR count). The van der Waals surface area contributed by atoms with Crippen molar-refractivity contribution in [3.8, 4) is 0 Å². The number of unbranched alkanes of at least 4 members (excludes halogenated alkanes) is 5. The first-order valence-electron chi connectivity index (χ1n) is 8.11. The Morgan fingerprint density at radius 2 is 1.84 bits per heavy atom. The Labute approximate surface area is 118 Å². The van der Waals surface area contributed by atoms with E-state index >= 15 is 0 Å². The molecule has 1 aromatic heterocycles. The van der Waals surface area contributed by atoms with Crippen molar-refractivity contribution in [1.82, 2.24) is 15.0 Å². The second-order valence-electron chi connectivity index (χ2n) is 6.00. The number of aromatic nitrogens is 3. The van der Waals surface area contributed by atoms with Gasteiger partial charge in [0.15, 0.2) is 0 Å². The largest absolute Gasteiger partial charge is 0.249 e. The Bertz CT molecular complexity index is 318. The SMILES string of the molecule is CCCCCCc1cnnn1CCCCCC(C)C. The molecule has 0 radical (unpaired) electrons. The van der Waals surface area contributed by atoms with Gasteiger partial charge in [-0.2, -0.15) is 0 Å². The van der Waals surface area contributed by atoms with E-state index in [1.165, 1.54) is 57.1 Å². The van der Waals surface area contributed by atoms with E-state index in [2.05, 4.69) is 35.8 Å². The maximum absolute atomic E-state index is 4.21. The van der Waals surface area contributed by atoms with Crippen LogP contribution < -0.4 is 0 Å². The molecule has 0 saturated heterocycles. The summed E-state index contributed by atoms with van der Waals surface area (Å²) in [5, 5.41) is 8.28. The topological polar surface area (TPSA) is 30.7 Å². The van der Waals surface area contributed by atoms with Gasteiger partial charge in [0, 0.05) is 6.54 Å². The number of nitrogens with zero attached hydrogens (tertiary/aromatic N) is 3. The van der Waals surface area contributed by atoms with Crippen LogP contribution in [-0.2, 0) is 13.0 Å². The summed E-state index contributed by atoms with van der Waals surface area (Å²) in [5.41, 5.74) is 1.32. The molecule has 0 aliphatic heterocycles. The first-order chi connectivity index (χ1) is 9.24. The predicted molar refractivity (Wildman–Crippen MR) is 81.2 cm³/mol. The molecule has 0 aliphatic carbocycles. The van der Waals surface area contributed by atoms with Gasteiger partial charge in [0.1, 0.15) is 0 Å². The summed E-state index contributed by atoms with van der Waals surface area (Å²) in [4.78, 5) is 0. The first kappa shape index (κ1) is 16.2. The first-order valence-corrected chi connectivity index (χ1v) is 8.11. The molecule has 0 spiro atoms. The summed E-state index contributed by atoms with van der Waals surface area (Å²) in [7, 11) is 0. The minimum atomic E-state index is 0.834. The second kappa shape index (κ2) is 9.99. The number of hydrogen-bond donors (Lipinski definition) is 0. The maximum Gasteiger partial charge on any atom is 0.0725 e. The lowest BCUT2D eigenvalue weighted by molar-refractivity contribution is 0.477. The summed E-state index contributed by atoms with van der Waals surface area (Å²) in [6.07, 6.45) is 13.6. The molecule has 3 nitrogen and oxygen atoms in total. The quantitative estimate of drug-likeness (QED) is 0.547.